The van der Waals surface area contributed by atoms with Gasteiger partial charge in [-0.05, 0) is 37.0 Å². The van der Waals surface area contributed by atoms with Crippen molar-refractivity contribution in [1.82, 2.24) is 15.1 Å². The Morgan fingerprint density at radius 1 is 1.23 bits per heavy atom. The fraction of sp³-hybridized carbons (Fsp3) is 0.682. The van der Waals surface area contributed by atoms with Gasteiger partial charge in [-0.15, -0.1) is 24.0 Å². The van der Waals surface area contributed by atoms with Crippen LogP contribution in [-0.2, 0) is 16.0 Å². The second-order valence-corrected chi connectivity index (χ2v) is 7.74. The van der Waals surface area contributed by atoms with E-state index in [0.717, 1.165) is 89.9 Å². The van der Waals surface area contributed by atoms with Crippen LogP contribution in [0.5, 0.6) is 5.75 Å². The molecule has 176 valence electrons. The van der Waals surface area contributed by atoms with Gasteiger partial charge in [0.2, 0.25) is 0 Å². The maximum atomic E-state index is 13.9. The van der Waals surface area contributed by atoms with Crippen LogP contribution in [0.2, 0.25) is 0 Å². The zero-order chi connectivity index (χ0) is 21.2. The number of benzene rings is 1. The fourth-order valence-electron chi connectivity index (χ4n) is 3.88. The van der Waals surface area contributed by atoms with Crippen molar-refractivity contribution < 1.29 is 18.6 Å². The molecule has 0 atom stereocenters. The average Bonchev–Trinajstić information content (AvgIpc) is 2.78. The number of rotatable bonds is 8. The molecule has 0 spiro atoms. The summed E-state index contributed by atoms with van der Waals surface area (Å²) in [5, 5.41) is 3.45. The van der Waals surface area contributed by atoms with E-state index in [2.05, 4.69) is 20.1 Å². The molecule has 7 nitrogen and oxygen atoms in total. The number of hydrogen-bond donors (Lipinski definition) is 1. The largest absolute Gasteiger partial charge is 0.494 e. The first-order valence-electron chi connectivity index (χ1n) is 10.9. The third-order valence-electron chi connectivity index (χ3n) is 5.63. The lowest BCUT2D eigenvalue weighted by molar-refractivity contribution is -0.0320. The number of halogens is 2. The highest BCUT2D eigenvalue weighted by molar-refractivity contribution is 14.0. The van der Waals surface area contributed by atoms with Gasteiger partial charge in [0.25, 0.3) is 0 Å². The van der Waals surface area contributed by atoms with E-state index in [9.17, 15) is 4.39 Å². The van der Waals surface area contributed by atoms with E-state index in [1.165, 1.54) is 7.11 Å². The summed E-state index contributed by atoms with van der Waals surface area (Å²) in [7, 11) is 3.31. The Morgan fingerprint density at radius 3 is 2.61 bits per heavy atom. The first-order chi connectivity index (χ1) is 14.7. The topological polar surface area (TPSA) is 58.6 Å². The van der Waals surface area contributed by atoms with Crippen molar-refractivity contribution in [1.29, 1.82) is 0 Å². The molecule has 31 heavy (non-hydrogen) atoms. The zero-order valence-electron chi connectivity index (χ0n) is 18.6. The highest BCUT2D eigenvalue weighted by Crippen LogP contribution is 2.19. The minimum absolute atomic E-state index is 0. The van der Waals surface area contributed by atoms with Crippen molar-refractivity contribution in [2.45, 2.75) is 31.9 Å². The number of ether oxygens (including phenoxy) is 3. The highest BCUT2D eigenvalue weighted by Gasteiger charge is 2.20. The quantitative estimate of drug-likeness (QED) is 0.233. The van der Waals surface area contributed by atoms with Crippen molar-refractivity contribution in [3.8, 4) is 5.75 Å². The molecular weight excluding hydrogens is 514 g/mol. The second-order valence-electron chi connectivity index (χ2n) is 7.74. The van der Waals surface area contributed by atoms with Gasteiger partial charge in [-0.1, -0.05) is 6.07 Å². The summed E-state index contributed by atoms with van der Waals surface area (Å²) in [4.78, 5) is 9.05. The summed E-state index contributed by atoms with van der Waals surface area (Å²) < 4.78 is 30.2. The number of piperazine rings is 1. The molecule has 0 aliphatic carbocycles. The summed E-state index contributed by atoms with van der Waals surface area (Å²) in [6.07, 6.45) is 3.31. The van der Waals surface area contributed by atoms with Crippen molar-refractivity contribution in [2.24, 2.45) is 4.99 Å². The van der Waals surface area contributed by atoms with Crippen LogP contribution in [0.25, 0.3) is 0 Å². The maximum Gasteiger partial charge on any atom is 0.193 e. The van der Waals surface area contributed by atoms with Gasteiger partial charge in [0, 0.05) is 66.1 Å². The van der Waals surface area contributed by atoms with E-state index in [-0.39, 0.29) is 35.5 Å². The van der Waals surface area contributed by atoms with Crippen molar-refractivity contribution >= 4 is 29.9 Å². The monoisotopic (exact) mass is 550 g/mol. The molecule has 2 aliphatic rings. The van der Waals surface area contributed by atoms with Gasteiger partial charge in [-0.3, -0.25) is 9.89 Å². The Hall–Kier alpha value is -1.17. The van der Waals surface area contributed by atoms with Crippen LogP contribution in [0.1, 0.15) is 24.8 Å². The molecule has 2 aliphatic heterocycles. The van der Waals surface area contributed by atoms with Crippen LogP contribution in [0.15, 0.2) is 23.2 Å². The molecule has 1 N–H and O–H groups in total. The lowest BCUT2D eigenvalue weighted by Gasteiger charge is -2.36. The van der Waals surface area contributed by atoms with Gasteiger partial charge < -0.3 is 24.4 Å². The number of methoxy groups -OCH3 is 1. The maximum absolute atomic E-state index is 13.9. The van der Waals surface area contributed by atoms with Gasteiger partial charge in [-0.25, -0.2) is 4.39 Å². The van der Waals surface area contributed by atoms with Crippen molar-refractivity contribution in [3.63, 3.8) is 0 Å². The van der Waals surface area contributed by atoms with E-state index in [1.54, 1.807) is 12.1 Å². The van der Waals surface area contributed by atoms with Gasteiger partial charge in [0.1, 0.15) is 0 Å². The van der Waals surface area contributed by atoms with Crippen LogP contribution in [-0.4, -0.2) is 88.6 Å². The molecule has 1 aromatic carbocycles. The predicted octanol–water partition coefficient (Wildman–Crippen LogP) is 2.73. The van der Waals surface area contributed by atoms with E-state index >= 15 is 0 Å². The number of nitrogens with zero attached hydrogens (tertiary/aromatic N) is 3. The van der Waals surface area contributed by atoms with E-state index in [0.29, 0.717) is 6.10 Å². The second kappa shape index (κ2) is 14.1. The number of guanidine groups is 1. The summed E-state index contributed by atoms with van der Waals surface area (Å²) >= 11 is 0. The Kier molecular flexibility index (Phi) is 11.8. The Bertz CT molecular complexity index is 681. The normalized spacial score (nSPS) is 18.5. The lowest BCUT2D eigenvalue weighted by atomic mass is 10.1. The third kappa shape index (κ3) is 8.36. The first-order valence-corrected chi connectivity index (χ1v) is 10.9. The fourth-order valence-corrected chi connectivity index (χ4v) is 3.88. The number of nitrogens with one attached hydrogen (secondary N) is 1. The Morgan fingerprint density at radius 2 is 1.97 bits per heavy atom. The van der Waals surface area contributed by atoms with Crippen molar-refractivity contribution in [2.75, 3.05) is 66.7 Å². The summed E-state index contributed by atoms with van der Waals surface area (Å²) in [6.45, 7) is 7.62. The zero-order valence-corrected chi connectivity index (χ0v) is 21.0. The van der Waals surface area contributed by atoms with E-state index in [4.69, 9.17) is 14.2 Å². The molecule has 0 radical (unpaired) electrons. The molecule has 0 saturated carbocycles. The standard InChI is InChI=1S/C22H35FN4O3.HI/c1-24-22(25-8-3-13-30-19-6-14-29-15-7-19)27-11-9-26(10-12-27)17-18-4-5-21(28-2)20(23)16-18;/h4-5,16,19H,3,6-15,17H2,1-2H3,(H,24,25);1H. The SMILES string of the molecule is CN=C(NCCCOC1CCOCC1)N1CCN(Cc2ccc(OC)c(F)c2)CC1.I. The molecule has 0 bridgehead atoms. The van der Waals surface area contributed by atoms with Crippen LogP contribution >= 0.6 is 24.0 Å². The summed E-state index contributed by atoms with van der Waals surface area (Å²) in [6, 6.07) is 5.18. The highest BCUT2D eigenvalue weighted by atomic mass is 127. The minimum atomic E-state index is -0.306. The Labute approximate surface area is 202 Å². The molecule has 1 aromatic rings. The number of aliphatic imine (C=N–C) groups is 1. The third-order valence-corrected chi connectivity index (χ3v) is 5.63. The smallest absolute Gasteiger partial charge is 0.193 e. The molecule has 2 heterocycles. The first kappa shape index (κ1) is 26.1. The summed E-state index contributed by atoms with van der Waals surface area (Å²) in [5.74, 6) is 0.923. The molecule has 2 fully saturated rings. The minimum Gasteiger partial charge on any atom is -0.494 e. The molecule has 0 amide bonds. The molecule has 0 aromatic heterocycles. The molecular formula is C22H36FIN4O3. The van der Waals surface area contributed by atoms with Crippen LogP contribution in [0.3, 0.4) is 0 Å². The molecule has 3 rings (SSSR count). The predicted molar refractivity (Wildman–Crippen MR) is 131 cm³/mol. The Balaban J connectivity index is 0.00000341. The molecule has 9 heteroatoms. The molecule has 0 unspecified atom stereocenters. The van der Waals surface area contributed by atoms with Crippen LogP contribution < -0.4 is 10.1 Å². The number of hydrogen-bond acceptors (Lipinski definition) is 5. The summed E-state index contributed by atoms with van der Waals surface area (Å²) in [5.41, 5.74) is 0.966. The van der Waals surface area contributed by atoms with Crippen molar-refractivity contribution in [3.05, 3.63) is 29.6 Å². The van der Waals surface area contributed by atoms with Crippen LogP contribution in [0.4, 0.5) is 4.39 Å². The van der Waals surface area contributed by atoms with E-state index in [1.807, 2.05) is 13.1 Å². The average molecular weight is 550 g/mol. The van der Waals surface area contributed by atoms with Gasteiger partial charge in [-0.2, -0.15) is 0 Å². The van der Waals surface area contributed by atoms with Crippen LogP contribution in [0, 0.1) is 5.82 Å². The van der Waals surface area contributed by atoms with Gasteiger partial charge in [0.05, 0.1) is 13.2 Å². The van der Waals surface area contributed by atoms with Gasteiger partial charge >= 0.3 is 0 Å². The van der Waals surface area contributed by atoms with Gasteiger partial charge in [0.15, 0.2) is 17.5 Å². The van der Waals surface area contributed by atoms with E-state index < -0.39 is 0 Å². The lowest BCUT2D eigenvalue weighted by Crippen LogP contribution is -2.52. The molecule has 2 saturated heterocycles.